The molecule has 0 unspecified atom stereocenters. The summed E-state index contributed by atoms with van der Waals surface area (Å²) in [6.07, 6.45) is 6.06. The lowest BCUT2D eigenvalue weighted by molar-refractivity contribution is -0.118. The Morgan fingerprint density at radius 1 is 1.09 bits per heavy atom. The molecule has 8 heteroatoms. The summed E-state index contributed by atoms with van der Waals surface area (Å²) in [5, 5.41) is 19.8. The van der Waals surface area contributed by atoms with Crippen molar-refractivity contribution in [1.82, 2.24) is 20.1 Å². The molecule has 34 heavy (non-hydrogen) atoms. The van der Waals surface area contributed by atoms with Crippen LogP contribution < -0.4 is 10.6 Å². The first-order chi connectivity index (χ1) is 16.5. The maximum atomic E-state index is 13.2. The van der Waals surface area contributed by atoms with Gasteiger partial charge < -0.3 is 10.6 Å². The van der Waals surface area contributed by atoms with Crippen LogP contribution in [0.5, 0.6) is 0 Å². The molecule has 2 heterocycles. The third-order valence-electron chi connectivity index (χ3n) is 5.38. The average Bonchev–Trinajstić information content (AvgIpc) is 3.29. The van der Waals surface area contributed by atoms with E-state index >= 15 is 0 Å². The summed E-state index contributed by atoms with van der Waals surface area (Å²) < 4.78 is 1.72. The molecule has 2 aromatic heterocycles. The number of nitriles is 1. The molecule has 4 aromatic rings. The number of carbonyl (C=O) groups is 1. The molecule has 7 nitrogen and oxygen atoms in total. The number of hydrogen-bond acceptors (Lipinski definition) is 5. The van der Waals surface area contributed by atoms with Gasteiger partial charge in [0.1, 0.15) is 11.9 Å². The quantitative estimate of drug-likeness (QED) is 0.394. The second kappa shape index (κ2) is 10.8. The van der Waals surface area contributed by atoms with Crippen LogP contribution in [0.3, 0.4) is 0 Å². The summed E-state index contributed by atoms with van der Waals surface area (Å²) >= 11 is 6.41. The first kappa shape index (κ1) is 23.2. The van der Waals surface area contributed by atoms with Crippen molar-refractivity contribution in [3.05, 3.63) is 101 Å². The molecule has 0 aliphatic heterocycles. The number of carbonyl (C=O) groups excluding carboxylic acids is 1. The van der Waals surface area contributed by atoms with Crippen LogP contribution in [0.2, 0.25) is 5.02 Å². The summed E-state index contributed by atoms with van der Waals surface area (Å²) in [6.45, 7) is 0.544. The second-order valence-corrected chi connectivity index (χ2v) is 8.20. The topological polar surface area (TPSA) is 95.6 Å². The standard InChI is InChI=1S/C26H23ClN6O/c1-33-17-21(16-31-33)20-10-11-24(30-15-20)32-26(34)25(22-4-2-3-5-23(22)27)29-13-12-18-6-8-19(14-28)9-7-18/h2-11,15-17,25,29H,12-13H2,1H3,(H,30,32,34)/t25-/m1/s1. The Labute approximate surface area is 203 Å². The van der Waals surface area contributed by atoms with Gasteiger partial charge in [0.05, 0.1) is 17.8 Å². The molecule has 0 aliphatic carbocycles. The number of amides is 1. The summed E-state index contributed by atoms with van der Waals surface area (Å²) in [5.41, 5.74) is 4.23. The van der Waals surface area contributed by atoms with E-state index in [1.54, 1.807) is 41.3 Å². The monoisotopic (exact) mass is 470 g/mol. The molecule has 0 saturated heterocycles. The predicted octanol–water partition coefficient (Wildman–Crippen LogP) is 4.52. The molecule has 0 fully saturated rings. The first-order valence-electron chi connectivity index (χ1n) is 10.8. The van der Waals surface area contributed by atoms with Crippen molar-refractivity contribution in [2.24, 2.45) is 7.05 Å². The Morgan fingerprint density at radius 3 is 2.53 bits per heavy atom. The lowest BCUT2D eigenvalue weighted by atomic mass is 10.0. The van der Waals surface area contributed by atoms with Crippen LogP contribution >= 0.6 is 11.6 Å². The first-order valence-corrected chi connectivity index (χ1v) is 11.1. The number of nitrogens with one attached hydrogen (secondary N) is 2. The average molecular weight is 471 g/mol. The molecule has 1 atom stereocenters. The van der Waals surface area contributed by atoms with Gasteiger partial charge in [-0.15, -0.1) is 0 Å². The van der Waals surface area contributed by atoms with Crippen molar-refractivity contribution < 1.29 is 4.79 Å². The number of pyridine rings is 1. The summed E-state index contributed by atoms with van der Waals surface area (Å²) in [5.74, 6) is 0.193. The van der Waals surface area contributed by atoms with Crippen molar-refractivity contribution in [2.75, 3.05) is 11.9 Å². The maximum Gasteiger partial charge on any atom is 0.247 e. The van der Waals surface area contributed by atoms with E-state index < -0.39 is 6.04 Å². The SMILES string of the molecule is Cn1cc(-c2ccc(NC(=O)[C@H](NCCc3ccc(C#N)cc3)c3ccccc3Cl)nc2)cn1. The third-order valence-corrected chi connectivity index (χ3v) is 5.72. The molecule has 2 aromatic carbocycles. The van der Waals surface area contributed by atoms with E-state index in [0.717, 1.165) is 16.7 Å². The van der Waals surface area contributed by atoms with Gasteiger partial charge in [-0.2, -0.15) is 10.4 Å². The number of benzene rings is 2. The van der Waals surface area contributed by atoms with Gasteiger partial charge >= 0.3 is 0 Å². The molecule has 0 radical (unpaired) electrons. The normalized spacial score (nSPS) is 11.6. The van der Waals surface area contributed by atoms with Gasteiger partial charge in [-0.25, -0.2) is 4.98 Å². The number of aromatic nitrogens is 3. The van der Waals surface area contributed by atoms with Crippen LogP contribution in [0.1, 0.15) is 22.7 Å². The molecule has 170 valence electrons. The molecule has 4 rings (SSSR count). The zero-order valence-electron chi connectivity index (χ0n) is 18.6. The second-order valence-electron chi connectivity index (χ2n) is 7.79. The van der Waals surface area contributed by atoms with Crippen molar-refractivity contribution >= 4 is 23.3 Å². The lowest BCUT2D eigenvalue weighted by Crippen LogP contribution is -2.34. The molecular weight excluding hydrogens is 448 g/mol. The Bertz CT molecular complexity index is 1310. The maximum absolute atomic E-state index is 13.2. The van der Waals surface area contributed by atoms with Crippen LogP contribution in [0.15, 0.2) is 79.3 Å². The third kappa shape index (κ3) is 5.67. The molecule has 2 N–H and O–H groups in total. The van der Waals surface area contributed by atoms with Crippen LogP contribution in [0, 0.1) is 11.3 Å². The van der Waals surface area contributed by atoms with Crippen LogP contribution in [0.25, 0.3) is 11.1 Å². The number of hydrogen-bond donors (Lipinski definition) is 2. The van der Waals surface area contributed by atoms with Gasteiger partial charge in [-0.1, -0.05) is 41.9 Å². The largest absolute Gasteiger partial charge is 0.309 e. The fraction of sp³-hybridized carbons (Fsp3) is 0.154. The fourth-order valence-electron chi connectivity index (χ4n) is 3.57. The van der Waals surface area contributed by atoms with Crippen molar-refractivity contribution in [3.63, 3.8) is 0 Å². The lowest BCUT2D eigenvalue weighted by Gasteiger charge is -2.20. The van der Waals surface area contributed by atoms with Crippen LogP contribution in [-0.2, 0) is 18.3 Å². The highest BCUT2D eigenvalue weighted by molar-refractivity contribution is 6.31. The Morgan fingerprint density at radius 2 is 1.88 bits per heavy atom. The zero-order chi connectivity index (χ0) is 23.9. The minimum atomic E-state index is -0.660. The zero-order valence-corrected chi connectivity index (χ0v) is 19.3. The number of rotatable bonds is 8. The number of aryl methyl sites for hydroxylation is 1. The van der Waals surface area contributed by atoms with E-state index in [9.17, 15) is 4.79 Å². The minimum Gasteiger partial charge on any atom is -0.309 e. The molecular formula is C26H23ClN6O. The Hall–Kier alpha value is -3.99. The van der Waals surface area contributed by atoms with Crippen molar-refractivity contribution in [2.45, 2.75) is 12.5 Å². The van der Waals surface area contributed by atoms with Gasteiger partial charge in [0, 0.05) is 42.1 Å². The summed E-state index contributed by atoms with van der Waals surface area (Å²) in [6, 6.07) is 19.8. The highest BCUT2D eigenvalue weighted by atomic mass is 35.5. The summed E-state index contributed by atoms with van der Waals surface area (Å²) in [4.78, 5) is 17.6. The number of halogens is 1. The van der Waals surface area contributed by atoms with E-state index in [2.05, 4.69) is 26.8 Å². The van der Waals surface area contributed by atoms with Gasteiger partial charge in [0.15, 0.2) is 0 Å². The number of anilines is 1. The van der Waals surface area contributed by atoms with E-state index in [4.69, 9.17) is 16.9 Å². The molecule has 0 aliphatic rings. The van der Waals surface area contributed by atoms with E-state index in [1.165, 1.54) is 0 Å². The molecule has 0 bridgehead atoms. The van der Waals surface area contributed by atoms with E-state index in [1.807, 2.05) is 49.6 Å². The van der Waals surface area contributed by atoms with Gasteiger partial charge in [0.2, 0.25) is 5.91 Å². The Balaban J connectivity index is 1.46. The molecule has 1 amide bonds. The van der Waals surface area contributed by atoms with E-state index in [-0.39, 0.29) is 5.91 Å². The van der Waals surface area contributed by atoms with Crippen LogP contribution in [-0.4, -0.2) is 27.2 Å². The summed E-state index contributed by atoms with van der Waals surface area (Å²) in [7, 11) is 1.86. The molecule has 0 saturated carbocycles. The fourth-order valence-corrected chi connectivity index (χ4v) is 3.81. The number of nitrogens with zero attached hydrogens (tertiary/aromatic N) is 4. The smallest absolute Gasteiger partial charge is 0.247 e. The minimum absolute atomic E-state index is 0.255. The highest BCUT2D eigenvalue weighted by Gasteiger charge is 2.22. The van der Waals surface area contributed by atoms with Crippen molar-refractivity contribution in [3.8, 4) is 17.2 Å². The Kier molecular flexibility index (Phi) is 7.33. The predicted molar refractivity (Wildman–Crippen MR) is 132 cm³/mol. The van der Waals surface area contributed by atoms with Gasteiger partial charge in [-0.3, -0.25) is 9.48 Å². The molecule has 0 spiro atoms. The van der Waals surface area contributed by atoms with Crippen LogP contribution in [0.4, 0.5) is 5.82 Å². The van der Waals surface area contributed by atoms with E-state index in [0.29, 0.717) is 34.9 Å². The van der Waals surface area contributed by atoms with Gasteiger partial charge in [-0.05, 0) is 47.9 Å². The van der Waals surface area contributed by atoms with Crippen molar-refractivity contribution in [1.29, 1.82) is 5.26 Å². The highest BCUT2D eigenvalue weighted by Crippen LogP contribution is 2.25. The van der Waals surface area contributed by atoms with Gasteiger partial charge in [0.25, 0.3) is 0 Å².